The molecule has 1 aliphatic heterocycles. The lowest BCUT2D eigenvalue weighted by Gasteiger charge is -2.12. The molecule has 0 atom stereocenters. The molecule has 0 radical (unpaired) electrons. The van der Waals surface area contributed by atoms with Gasteiger partial charge in [0.1, 0.15) is 12.4 Å². The molecule has 0 saturated carbocycles. The molecule has 1 amide bonds. The molecule has 0 saturated heterocycles. The smallest absolute Gasteiger partial charge is 0.286 e. The highest BCUT2D eigenvalue weighted by Gasteiger charge is 2.23. The van der Waals surface area contributed by atoms with Gasteiger partial charge in [-0.2, -0.15) is 4.99 Å². The lowest BCUT2D eigenvalue weighted by Crippen LogP contribution is -2.20. The second kappa shape index (κ2) is 11.2. The van der Waals surface area contributed by atoms with Crippen LogP contribution >= 0.6 is 11.8 Å². The highest BCUT2D eigenvalue weighted by atomic mass is 32.2. The number of benzene rings is 4. The van der Waals surface area contributed by atoms with Crippen LogP contribution in [0.25, 0.3) is 16.8 Å². The molecule has 0 aliphatic carbocycles. The number of amides is 1. The van der Waals surface area contributed by atoms with Crippen LogP contribution in [0.2, 0.25) is 0 Å². The van der Waals surface area contributed by atoms with E-state index in [0.29, 0.717) is 33.7 Å². The Balaban J connectivity index is 1.34. The van der Waals surface area contributed by atoms with Crippen LogP contribution in [0.1, 0.15) is 16.7 Å². The third-order valence-corrected chi connectivity index (χ3v) is 8.13. The Hall–Kier alpha value is -3.92. The number of rotatable bonds is 8. The van der Waals surface area contributed by atoms with Gasteiger partial charge in [-0.15, -0.1) is 0 Å². The Morgan fingerprint density at radius 2 is 1.58 bits per heavy atom. The molecule has 2 N–H and O–H groups in total. The van der Waals surface area contributed by atoms with Crippen molar-refractivity contribution in [1.29, 1.82) is 0 Å². The van der Waals surface area contributed by atoms with E-state index in [9.17, 15) is 13.2 Å². The minimum absolute atomic E-state index is 0.106. The van der Waals surface area contributed by atoms with Gasteiger partial charge in [-0.25, -0.2) is 13.1 Å². The monoisotopic (exact) mass is 543 g/mol. The van der Waals surface area contributed by atoms with E-state index in [1.54, 1.807) is 24.3 Å². The summed E-state index contributed by atoms with van der Waals surface area (Å²) in [7, 11) is -1.96. The number of nitrogens with zero attached hydrogens (tertiary/aromatic N) is 1. The topological polar surface area (TPSA) is 96.9 Å². The van der Waals surface area contributed by atoms with Crippen molar-refractivity contribution < 1.29 is 17.9 Å². The summed E-state index contributed by atoms with van der Waals surface area (Å²) in [5.74, 6) is 0.240. The molecule has 0 unspecified atom stereocenters. The van der Waals surface area contributed by atoms with Gasteiger partial charge in [0, 0.05) is 11.3 Å². The Morgan fingerprint density at radius 3 is 2.29 bits per heavy atom. The van der Waals surface area contributed by atoms with E-state index in [1.807, 2.05) is 72.8 Å². The molecular formula is C29H25N3O4S2. The van der Waals surface area contributed by atoms with Crippen LogP contribution in [-0.2, 0) is 27.2 Å². The van der Waals surface area contributed by atoms with Gasteiger partial charge in [0.25, 0.3) is 5.91 Å². The third kappa shape index (κ3) is 6.31. The van der Waals surface area contributed by atoms with Crippen molar-refractivity contribution in [3.63, 3.8) is 0 Å². The SMILES string of the molecule is CNS(=O)(=O)Cc1ccc(NC2=NC(=O)C(=Cc3cc4ccccc4cc3OCc3ccccc3)S2)cc1. The Kier molecular flexibility index (Phi) is 7.59. The highest BCUT2D eigenvalue weighted by Crippen LogP contribution is 2.34. The van der Waals surface area contributed by atoms with Crippen molar-refractivity contribution in [2.45, 2.75) is 12.4 Å². The van der Waals surface area contributed by atoms with E-state index in [0.717, 1.165) is 21.9 Å². The first kappa shape index (κ1) is 25.7. The van der Waals surface area contributed by atoms with Gasteiger partial charge in [-0.05, 0) is 71.1 Å². The number of anilines is 1. The van der Waals surface area contributed by atoms with Gasteiger partial charge >= 0.3 is 0 Å². The Morgan fingerprint density at radius 1 is 0.895 bits per heavy atom. The van der Waals surface area contributed by atoms with E-state index in [4.69, 9.17) is 4.74 Å². The molecule has 4 aromatic rings. The number of amidine groups is 1. The first-order chi connectivity index (χ1) is 18.4. The zero-order chi connectivity index (χ0) is 26.5. The van der Waals surface area contributed by atoms with Crippen LogP contribution in [-0.4, -0.2) is 26.5 Å². The summed E-state index contributed by atoms with van der Waals surface area (Å²) in [5, 5.41) is 5.68. The number of ether oxygens (including phenoxy) is 1. The molecule has 9 heteroatoms. The normalized spacial score (nSPS) is 14.6. The average Bonchev–Trinajstić information content (AvgIpc) is 3.27. The molecule has 0 bridgehead atoms. The summed E-state index contributed by atoms with van der Waals surface area (Å²) in [6.45, 7) is 0.408. The maximum Gasteiger partial charge on any atom is 0.286 e. The number of hydrogen-bond donors (Lipinski definition) is 2. The van der Waals surface area contributed by atoms with Gasteiger partial charge in [0.2, 0.25) is 10.0 Å². The van der Waals surface area contributed by atoms with E-state index in [1.165, 1.54) is 18.8 Å². The Labute approximate surface area is 225 Å². The molecule has 0 aromatic heterocycles. The van der Waals surface area contributed by atoms with Gasteiger partial charge in [0.15, 0.2) is 5.17 Å². The largest absolute Gasteiger partial charge is 0.488 e. The molecule has 7 nitrogen and oxygen atoms in total. The summed E-state index contributed by atoms with van der Waals surface area (Å²) >= 11 is 1.24. The fraction of sp³-hybridized carbons (Fsp3) is 0.103. The van der Waals surface area contributed by atoms with Crippen molar-refractivity contribution >= 4 is 55.4 Å². The van der Waals surface area contributed by atoms with Crippen LogP contribution in [0.3, 0.4) is 0 Å². The van der Waals surface area contributed by atoms with Crippen LogP contribution in [0.15, 0.2) is 101 Å². The predicted molar refractivity (Wildman–Crippen MR) is 154 cm³/mol. The van der Waals surface area contributed by atoms with Crippen molar-refractivity contribution in [1.82, 2.24) is 4.72 Å². The summed E-state index contributed by atoms with van der Waals surface area (Å²) in [6, 6.07) is 28.9. The van der Waals surface area contributed by atoms with Crippen molar-refractivity contribution in [3.8, 4) is 5.75 Å². The third-order valence-electron chi connectivity index (χ3n) is 5.90. The number of sulfonamides is 1. The van der Waals surface area contributed by atoms with Crippen LogP contribution in [0.4, 0.5) is 5.69 Å². The van der Waals surface area contributed by atoms with Crippen LogP contribution in [0, 0.1) is 0 Å². The maximum absolute atomic E-state index is 12.7. The van der Waals surface area contributed by atoms with Crippen LogP contribution in [0.5, 0.6) is 5.75 Å². The summed E-state index contributed by atoms with van der Waals surface area (Å²) in [5.41, 5.74) is 3.20. The molecule has 4 aromatic carbocycles. The van der Waals surface area contributed by atoms with E-state index < -0.39 is 10.0 Å². The number of nitrogens with one attached hydrogen (secondary N) is 2. The second-order valence-electron chi connectivity index (χ2n) is 8.63. The molecule has 38 heavy (non-hydrogen) atoms. The fourth-order valence-corrected chi connectivity index (χ4v) is 5.51. The first-order valence-electron chi connectivity index (χ1n) is 11.9. The molecule has 0 spiro atoms. The van der Waals surface area contributed by atoms with Gasteiger partial charge < -0.3 is 10.1 Å². The number of thioether (sulfide) groups is 1. The van der Waals surface area contributed by atoms with Crippen molar-refractivity contribution in [2.24, 2.45) is 4.99 Å². The van der Waals surface area contributed by atoms with Crippen molar-refractivity contribution in [3.05, 3.63) is 113 Å². The molecule has 1 heterocycles. The second-order valence-corrected chi connectivity index (χ2v) is 11.6. The zero-order valence-corrected chi connectivity index (χ0v) is 22.2. The molecule has 192 valence electrons. The van der Waals surface area contributed by atoms with Gasteiger partial charge in [-0.1, -0.05) is 66.7 Å². The number of fused-ring (bicyclic) bond motifs is 1. The quantitative estimate of drug-likeness (QED) is 0.283. The molecule has 5 rings (SSSR count). The van der Waals surface area contributed by atoms with E-state index >= 15 is 0 Å². The minimum Gasteiger partial charge on any atom is -0.488 e. The van der Waals surface area contributed by atoms with E-state index in [-0.39, 0.29) is 11.7 Å². The average molecular weight is 544 g/mol. The number of aliphatic imine (C=N–C) groups is 1. The fourth-order valence-electron chi connectivity index (χ4n) is 3.91. The zero-order valence-electron chi connectivity index (χ0n) is 20.5. The molecule has 1 aliphatic rings. The Bertz CT molecular complexity index is 1650. The van der Waals surface area contributed by atoms with Crippen LogP contribution < -0.4 is 14.8 Å². The van der Waals surface area contributed by atoms with E-state index in [2.05, 4.69) is 15.0 Å². The number of carbonyl (C=O) groups is 1. The molecular weight excluding hydrogens is 518 g/mol. The predicted octanol–water partition coefficient (Wildman–Crippen LogP) is 5.55. The van der Waals surface area contributed by atoms with Crippen molar-refractivity contribution in [2.75, 3.05) is 12.4 Å². The first-order valence-corrected chi connectivity index (χ1v) is 14.3. The standard InChI is InChI=1S/C29H25N3O4S2/c1-30-38(34,35)19-21-11-13-25(14-12-21)31-29-32-28(33)27(37-29)17-24-15-22-9-5-6-10-23(22)16-26(24)36-18-20-7-3-2-4-8-20/h2-17,30H,18-19H2,1H3,(H,31,32,33). The molecule has 0 fully saturated rings. The van der Waals surface area contributed by atoms with Gasteiger partial charge in [0.05, 0.1) is 10.7 Å². The summed E-state index contributed by atoms with van der Waals surface area (Å²) in [6.07, 6.45) is 1.81. The summed E-state index contributed by atoms with van der Waals surface area (Å²) < 4.78 is 32.0. The number of carbonyl (C=O) groups excluding carboxylic acids is 1. The highest BCUT2D eigenvalue weighted by molar-refractivity contribution is 8.18. The van der Waals surface area contributed by atoms with Gasteiger partial charge in [-0.3, -0.25) is 4.79 Å². The lowest BCUT2D eigenvalue weighted by molar-refractivity contribution is -0.113. The maximum atomic E-state index is 12.7. The summed E-state index contributed by atoms with van der Waals surface area (Å²) in [4.78, 5) is 17.4. The number of hydrogen-bond acceptors (Lipinski definition) is 6. The minimum atomic E-state index is -3.35. The lowest BCUT2D eigenvalue weighted by atomic mass is 10.1.